The summed E-state index contributed by atoms with van der Waals surface area (Å²) >= 11 is 1.28. The topological polar surface area (TPSA) is 140 Å². The van der Waals surface area contributed by atoms with E-state index in [2.05, 4.69) is 25.5 Å². The summed E-state index contributed by atoms with van der Waals surface area (Å²) in [7, 11) is 0. The number of hydrogen-bond acceptors (Lipinski definition) is 7. The van der Waals surface area contributed by atoms with Crippen LogP contribution in [-0.2, 0) is 0 Å². The number of benzene rings is 2. The monoisotopic (exact) mass is 470 g/mol. The quantitative estimate of drug-likeness (QED) is 0.333. The highest BCUT2D eigenvalue weighted by atomic mass is 32.1. The molecule has 3 aromatic heterocycles. The molecule has 2 aromatic carbocycles. The molecule has 0 fully saturated rings. The number of carbonyl (C=O) groups is 2. The summed E-state index contributed by atoms with van der Waals surface area (Å²) in [6.45, 7) is 2.00. The first-order chi connectivity index (χ1) is 16.5. The lowest BCUT2D eigenvalue weighted by Gasteiger charge is -2.02. The zero-order valence-corrected chi connectivity index (χ0v) is 18.7. The van der Waals surface area contributed by atoms with Gasteiger partial charge in [-0.25, -0.2) is 4.98 Å². The molecule has 0 aliphatic carbocycles. The van der Waals surface area contributed by atoms with Crippen molar-refractivity contribution < 1.29 is 14.0 Å². The Hall–Kier alpha value is -4.57. The van der Waals surface area contributed by atoms with Crippen molar-refractivity contribution in [2.75, 3.05) is 5.32 Å². The molecule has 0 aliphatic heterocycles. The number of nitrogens with two attached hydrogens (primary N) is 1. The van der Waals surface area contributed by atoms with Crippen molar-refractivity contribution in [2.24, 2.45) is 5.73 Å². The highest BCUT2D eigenvalue weighted by Gasteiger charge is 2.14. The predicted octanol–water partition coefficient (Wildman–Crippen LogP) is 4.51. The molecule has 0 atom stereocenters. The molecule has 168 valence electrons. The molecule has 3 heterocycles. The van der Waals surface area contributed by atoms with Gasteiger partial charge in [-0.1, -0.05) is 17.7 Å². The van der Waals surface area contributed by atoms with Crippen molar-refractivity contribution in [3.63, 3.8) is 0 Å². The third-order valence-corrected chi connectivity index (χ3v) is 5.81. The number of rotatable bonds is 6. The molecule has 0 aliphatic rings. The summed E-state index contributed by atoms with van der Waals surface area (Å²) in [6, 6.07) is 16.3. The number of carbonyl (C=O) groups excluding carboxylic acids is 2. The highest BCUT2D eigenvalue weighted by molar-refractivity contribution is 7.14. The van der Waals surface area contributed by atoms with Crippen LogP contribution < -0.4 is 11.1 Å². The van der Waals surface area contributed by atoms with Crippen LogP contribution in [-0.4, -0.2) is 32.0 Å². The van der Waals surface area contributed by atoms with Crippen molar-refractivity contribution in [3.05, 3.63) is 83.0 Å². The van der Waals surface area contributed by atoms with Crippen LogP contribution in [0.25, 0.3) is 34.2 Å². The average Bonchev–Trinajstić information content (AvgIpc) is 3.59. The molecule has 0 saturated heterocycles. The summed E-state index contributed by atoms with van der Waals surface area (Å²) in [5, 5.41) is 13.3. The van der Waals surface area contributed by atoms with E-state index in [1.54, 1.807) is 41.9 Å². The lowest BCUT2D eigenvalue weighted by atomic mass is 10.1. The van der Waals surface area contributed by atoms with Gasteiger partial charge in [0, 0.05) is 33.8 Å². The molecule has 0 bridgehead atoms. The molecule has 5 rings (SSSR count). The Kier molecular flexibility index (Phi) is 5.48. The van der Waals surface area contributed by atoms with Crippen LogP contribution in [0.4, 0.5) is 5.13 Å². The van der Waals surface area contributed by atoms with Gasteiger partial charge >= 0.3 is 0 Å². The van der Waals surface area contributed by atoms with E-state index in [0.717, 1.165) is 11.1 Å². The molecule has 9 nitrogen and oxygen atoms in total. The summed E-state index contributed by atoms with van der Waals surface area (Å²) < 4.78 is 5.81. The molecular formula is C24H18N6O3S. The van der Waals surface area contributed by atoms with Crippen LogP contribution in [0.3, 0.4) is 0 Å². The maximum Gasteiger partial charge on any atom is 0.265 e. The van der Waals surface area contributed by atoms with Crippen molar-refractivity contribution >= 4 is 28.3 Å². The molecule has 2 amide bonds. The first-order valence-corrected chi connectivity index (χ1v) is 11.1. The second kappa shape index (κ2) is 8.75. The van der Waals surface area contributed by atoms with Crippen molar-refractivity contribution in [3.8, 4) is 34.2 Å². The van der Waals surface area contributed by atoms with Crippen LogP contribution in [0.1, 0.15) is 26.4 Å². The Labute approximate surface area is 197 Å². The van der Waals surface area contributed by atoms with E-state index in [1.807, 2.05) is 31.2 Å². The first-order valence-electron chi connectivity index (χ1n) is 10.2. The third kappa shape index (κ3) is 4.34. The number of nitrogens with one attached hydrogen (secondary N) is 2. The number of thiazole rings is 1. The van der Waals surface area contributed by atoms with Gasteiger partial charge in [-0.15, -0.1) is 21.5 Å². The molecule has 4 N–H and O–H groups in total. The van der Waals surface area contributed by atoms with Gasteiger partial charge in [-0.2, -0.15) is 0 Å². The molecule has 5 aromatic rings. The molecule has 10 heteroatoms. The van der Waals surface area contributed by atoms with E-state index in [0.29, 0.717) is 45.0 Å². The average molecular weight is 471 g/mol. The molecular weight excluding hydrogens is 452 g/mol. The van der Waals surface area contributed by atoms with Crippen LogP contribution in [0.2, 0.25) is 0 Å². The van der Waals surface area contributed by atoms with Crippen LogP contribution in [0.15, 0.2) is 70.6 Å². The van der Waals surface area contributed by atoms with E-state index in [4.69, 9.17) is 10.2 Å². The van der Waals surface area contributed by atoms with Gasteiger partial charge in [0.15, 0.2) is 5.13 Å². The number of hydrogen-bond donors (Lipinski definition) is 3. The fourth-order valence-corrected chi connectivity index (χ4v) is 4.03. The summed E-state index contributed by atoms with van der Waals surface area (Å²) in [5.74, 6) is -0.0454. The Morgan fingerprint density at radius 3 is 2.47 bits per heavy atom. The lowest BCUT2D eigenvalue weighted by Crippen LogP contribution is -2.11. The standard InChI is InChI=1S/C24H18N6O3S/c1-13-3-2-4-16(9-13)23-30-29-22(33-23)15-7-5-14(6-8-15)21(32)28-24-27-19(12-34-24)17-10-18(20(25)31)26-11-17/h2-12,26H,1H3,(H2,25,31)(H,27,28,32). The highest BCUT2D eigenvalue weighted by Crippen LogP contribution is 2.27. The zero-order chi connectivity index (χ0) is 23.7. The van der Waals surface area contributed by atoms with Crippen molar-refractivity contribution in [1.29, 1.82) is 0 Å². The summed E-state index contributed by atoms with van der Waals surface area (Å²) in [5.41, 5.74) is 10.0. The van der Waals surface area contributed by atoms with Gasteiger partial charge in [0.05, 0.1) is 5.69 Å². The fraction of sp³-hybridized carbons (Fsp3) is 0.0417. The smallest absolute Gasteiger partial charge is 0.265 e. The number of H-pyrrole nitrogens is 1. The lowest BCUT2D eigenvalue weighted by molar-refractivity contribution is 0.0994. The van der Waals surface area contributed by atoms with Crippen molar-refractivity contribution in [1.82, 2.24) is 20.2 Å². The van der Waals surface area contributed by atoms with Gasteiger partial charge in [0.25, 0.3) is 11.8 Å². The molecule has 0 radical (unpaired) electrons. The Morgan fingerprint density at radius 1 is 1.00 bits per heavy atom. The van der Waals surface area contributed by atoms with E-state index < -0.39 is 5.91 Å². The number of anilines is 1. The number of primary amides is 1. The second-order valence-corrected chi connectivity index (χ2v) is 8.38. The second-order valence-electron chi connectivity index (χ2n) is 7.52. The van der Waals surface area contributed by atoms with Gasteiger partial charge in [0.2, 0.25) is 11.8 Å². The maximum absolute atomic E-state index is 12.7. The maximum atomic E-state index is 12.7. The Balaban J connectivity index is 1.27. The molecule has 34 heavy (non-hydrogen) atoms. The number of nitrogens with zero attached hydrogens (tertiary/aromatic N) is 3. The van der Waals surface area contributed by atoms with E-state index >= 15 is 0 Å². The van der Waals surface area contributed by atoms with E-state index in [9.17, 15) is 9.59 Å². The Bertz CT molecular complexity index is 1500. The first kappa shape index (κ1) is 21.3. The van der Waals surface area contributed by atoms with E-state index in [-0.39, 0.29) is 5.91 Å². The van der Waals surface area contributed by atoms with Gasteiger partial charge < -0.3 is 15.1 Å². The predicted molar refractivity (Wildman–Crippen MR) is 128 cm³/mol. The Morgan fingerprint density at radius 2 is 1.76 bits per heavy atom. The minimum atomic E-state index is -0.551. The van der Waals surface area contributed by atoms with Gasteiger partial charge in [-0.05, 0) is 49.4 Å². The van der Waals surface area contributed by atoms with Gasteiger partial charge in [-0.3, -0.25) is 14.9 Å². The van der Waals surface area contributed by atoms with Crippen molar-refractivity contribution in [2.45, 2.75) is 6.92 Å². The summed E-state index contributed by atoms with van der Waals surface area (Å²) in [4.78, 5) is 31.1. The molecule has 0 saturated carbocycles. The zero-order valence-electron chi connectivity index (χ0n) is 17.9. The van der Waals surface area contributed by atoms with Gasteiger partial charge in [0.1, 0.15) is 5.69 Å². The minimum Gasteiger partial charge on any atom is -0.416 e. The van der Waals surface area contributed by atoms with E-state index in [1.165, 1.54) is 11.3 Å². The summed E-state index contributed by atoms with van der Waals surface area (Å²) in [6.07, 6.45) is 1.64. The number of aromatic nitrogens is 4. The van der Waals surface area contributed by atoms with Crippen LogP contribution in [0, 0.1) is 6.92 Å². The molecule has 0 spiro atoms. The fourth-order valence-electron chi connectivity index (χ4n) is 3.32. The third-order valence-electron chi connectivity index (χ3n) is 5.05. The number of aromatic amines is 1. The van der Waals surface area contributed by atoms with Crippen LogP contribution in [0.5, 0.6) is 0 Å². The number of amides is 2. The normalized spacial score (nSPS) is 10.9. The molecule has 0 unspecified atom stereocenters. The number of aryl methyl sites for hydroxylation is 1. The minimum absolute atomic E-state index is 0.293. The van der Waals surface area contributed by atoms with Crippen LogP contribution >= 0.6 is 11.3 Å². The largest absolute Gasteiger partial charge is 0.416 e. The SMILES string of the molecule is Cc1cccc(-c2nnc(-c3ccc(C(=O)Nc4nc(-c5c[nH]c(C(N)=O)c5)cs4)cc3)o2)c1.